The van der Waals surface area contributed by atoms with Crippen molar-refractivity contribution in [2.45, 2.75) is 19.6 Å². The summed E-state index contributed by atoms with van der Waals surface area (Å²) in [5, 5.41) is 12.0. The van der Waals surface area contributed by atoms with Crippen molar-refractivity contribution in [2.75, 3.05) is 0 Å². The van der Waals surface area contributed by atoms with Crippen LogP contribution in [-0.4, -0.2) is 30.5 Å². The zero-order valence-electron chi connectivity index (χ0n) is 18.6. The molecule has 0 aliphatic carbocycles. The van der Waals surface area contributed by atoms with E-state index in [0.717, 1.165) is 22.4 Å². The molecule has 3 aromatic carbocycles. The fourth-order valence-electron chi connectivity index (χ4n) is 3.82. The predicted octanol–water partition coefficient (Wildman–Crippen LogP) is 4.17. The first-order valence-electron chi connectivity index (χ1n) is 11.1. The molecule has 7 nitrogen and oxygen atoms in total. The van der Waals surface area contributed by atoms with Crippen LogP contribution in [0.15, 0.2) is 104 Å². The smallest absolute Gasteiger partial charge is 0.251 e. The lowest BCUT2D eigenvalue weighted by Crippen LogP contribution is -2.22. The summed E-state index contributed by atoms with van der Waals surface area (Å²) in [7, 11) is 0. The maximum atomic E-state index is 12.8. The first-order chi connectivity index (χ1) is 16.7. The summed E-state index contributed by atoms with van der Waals surface area (Å²) >= 11 is 0. The number of rotatable bonds is 8. The van der Waals surface area contributed by atoms with Gasteiger partial charge in [-0.25, -0.2) is 9.67 Å². The lowest BCUT2D eigenvalue weighted by Gasteiger charge is -2.07. The van der Waals surface area contributed by atoms with Gasteiger partial charge in [-0.2, -0.15) is 10.2 Å². The van der Waals surface area contributed by atoms with Gasteiger partial charge < -0.3 is 5.32 Å². The van der Waals surface area contributed by atoms with Gasteiger partial charge in [-0.3, -0.25) is 9.48 Å². The van der Waals surface area contributed by atoms with Crippen molar-refractivity contribution in [3.63, 3.8) is 0 Å². The minimum atomic E-state index is -0.123. The van der Waals surface area contributed by atoms with Gasteiger partial charge in [-0.1, -0.05) is 72.8 Å². The van der Waals surface area contributed by atoms with Crippen LogP contribution in [0.5, 0.6) is 0 Å². The van der Waals surface area contributed by atoms with E-state index in [1.807, 2.05) is 83.7 Å². The standard InChI is InChI=1S/C27H24N6O/c34-27(24-13-11-22(12-14-24)17-33-20-28-19-30-33)29-15-25-18-32(16-21-7-3-1-4-8-21)31-26(25)23-9-5-2-6-10-23/h1-14,18-20H,15-17H2,(H,29,34). The van der Waals surface area contributed by atoms with Gasteiger partial charge in [-0.05, 0) is 23.3 Å². The summed E-state index contributed by atoms with van der Waals surface area (Å²) in [6.45, 7) is 1.67. The van der Waals surface area contributed by atoms with Gasteiger partial charge in [0.1, 0.15) is 12.7 Å². The fraction of sp³-hybridized carbons (Fsp3) is 0.111. The van der Waals surface area contributed by atoms with Crippen LogP contribution in [0.1, 0.15) is 27.0 Å². The van der Waals surface area contributed by atoms with Crippen LogP contribution < -0.4 is 5.32 Å². The molecule has 7 heteroatoms. The molecular formula is C27H24N6O. The molecule has 0 fully saturated rings. The van der Waals surface area contributed by atoms with Gasteiger partial charge >= 0.3 is 0 Å². The zero-order chi connectivity index (χ0) is 23.2. The summed E-state index contributed by atoms with van der Waals surface area (Å²) in [6.07, 6.45) is 5.19. The van der Waals surface area contributed by atoms with Crippen molar-refractivity contribution >= 4 is 5.91 Å². The second-order valence-corrected chi connectivity index (χ2v) is 8.02. The van der Waals surface area contributed by atoms with Crippen molar-refractivity contribution in [2.24, 2.45) is 0 Å². The lowest BCUT2D eigenvalue weighted by molar-refractivity contribution is 0.0951. The topological polar surface area (TPSA) is 77.6 Å². The van der Waals surface area contributed by atoms with Crippen molar-refractivity contribution in [3.05, 3.63) is 126 Å². The van der Waals surface area contributed by atoms with Crippen LogP contribution in [0.4, 0.5) is 0 Å². The molecule has 5 rings (SSSR count). The number of nitrogens with one attached hydrogen (secondary N) is 1. The Bertz CT molecular complexity index is 1340. The van der Waals surface area contributed by atoms with E-state index in [1.54, 1.807) is 11.0 Å². The Hall–Kier alpha value is -4.52. The third-order valence-electron chi connectivity index (χ3n) is 5.54. The number of nitrogens with zero attached hydrogens (tertiary/aromatic N) is 5. The quantitative estimate of drug-likeness (QED) is 0.387. The Morgan fingerprint density at radius 3 is 2.18 bits per heavy atom. The Labute approximate surface area is 197 Å². The van der Waals surface area contributed by atoms with Crippen LogP contribution in [0.3, 0.4) is 0 Å². The van der Waals surface area contributed by atoms with Crippen molar-refractivity contribution in [1.29, 1.82) is 0 Å². The minimum absolute atomic E-state index is 0.123. The molecule has 168 valence electrons. The minimum Gasteiger partial charge on any atom is -0.348 e. The Balaban J connectivity index is 1.30. The van der Waals surface area contributed by atoms with Crippen LogP contribution in [-0.2, 0) is 19.6 Å². The molecule has 0 saturated carbocycles. The van der Waals surface area contributed by atoms with Gasteiger partial charge in [0, 0.05) is 29.4 Å². The molecule has 0 unspecified atom stereocenters. The van der Waals surface area contributed by atoms with Crippen LogP contribution >= 0.6 is 0 Å². The normalized spacial score (nSPS) is 10.8. The summed E-state index contributed by atoms with van der Waals surface area (Å²) in [6, 6.07) is 27.8. The SMILES string of the molecule is O=C(NCc1cn(Cc2ccccc2)nc1-c1ccccc1)c1ccc(Cn2cncn2)cc1. The lowest BCUT2D eigenvalue weighted by atomic mass is 10.1. The molecule has 0 atom stereocenters. The monoisotopic (exact) mass is 448 g/mol. The first kappa shape index (κ1) is 21.3. The van der Waals surface area contributed by atoms with E-state index < -0.39 is 0 Å². The number of hydrogen-bond acceptors (Lipinski definition) is 4. The Morgan fingerprint density at radius 2 is 1.47 bits per heavy atom. The van der Waals surface area contributed by atoms with Crippen LogP contribution in [0, 0.1) is 0 Å². The highest BCUT2D eigenvalue weighted by Gasteiger charge is 2.13. The van der Waals surface area contributed by atoms with Gasteiger partial charge in [0.05, 0.1) is 18.8 Å². The molecule has 0 radical (unpaired) electrons. The van der Waals surface area contributed by atoms with Gasteiger partial charge in [0.15, 0.2) is 0 Å². The highest BCUT2D eigenvalue weighted by molar-refractivity contribution is 5.94. The molecule has 2 aromatic heterocycles. The molecule has 5 aromatic rings. The Kier molecular flexibility index (Phi) is 6.25. The maximum absolute atomic E-state index is 12.8. The first-order valence-corrected chi connectivity index (χ1v) is 11.1. The van der Waals surface area contributed by atoms with Crippen LogP contribution in [0.25, 0.3) is 11.3 Å². The molecule has 0 aliphatic rings. The maximum Gasteiger partial charge on any atom is 0.251 e. The largest absolute Gasteiger partial charge is 0.348 e. The van der Waals surface area contributed by atoms with E-state index in [-0.39, 0.29) is 5.91 Å². The molecule has 34 heavy (non-hydrogen) atoms. The summed E-state index contributed by atoms with van der Waals surface area (Å²) in [4.78, 5) is 16.8. The van der Waals surface area contributed by atoms with Crippen molar-refractivity contribution in [3.8, 4) is 11.3 Å². The second-order valence-electron chi connectivity index (χ2n) is 8.02. The molecule has 1 N–H and O–H groups in total. The van der Waals surface area contributed by atoms with E-state index in [2.05, 4.69) is 27.5 Å². The van der Waals surface area contributed by atoms with Gasteiger partial charge in [-0.15, -0.1) is 0 Å². The van der Waals surface area contributed by atoms with Gasteiger partial charge in [0.2, 0.25) is 0 Å². The fourth-order valence-corrected chi connectivity index (χ4v) is 3.82. The van der Waals surface area contributed by atoms with Crippen LogP contribution in [0.2, 0.25) is 0 Å². The second kappa shape index (κ2) is 9.95. The molecule has 2 heterocycles. The average molecular weight is 449 g/mol. The highest BCUT2D eigenvalue weighted by Crippen LogP contribution is 2.22. The number of amides is 1. The number of carbonyl (C=O) groups is 1. The molecular weight excluding hydrogens is 424 g/mol. The van der Waals surface area contributed by atoms with Crippen molar-refractivity contribution in [1.82, 2.24) is 29.9 Å². The van der Waals surface area contributed by atoms with E-state index in [9.17, 15) is 4.79 Å². The average Bonchev–Trinajstić information content (AvgIpc) is 3.54. The Morgan fingerprint density at radius 1 is 0.794 bits per heavy atom. The van der Waals surface area contributed by atoms with Crippen molar-refractivity contribution < 1.29 is 4.79 Å². The third kappa shape index (κ3) is 5.10. The summed E-state index contributed by atoms with van der Waals surface area (Å²) in [5.41, 5.74) is 5.70. The molecule has 0 spiro atoms. The van der Waals surface area contributed by atoms with E-state index in [0.29, 0.717) is 25.2 Å². The molecule has 0 aliphatic heterocycles. The third-order valence-corrected chi connectivity index (χ3v) is 5.54. The number of aromatic nitrogens is 5. The number of benzene rings is 3. The predicted molar refractivity (Wildman–Crippen MR) is 130 cm³/mol. The zero-order valence-corrected chi connectivity index (χ0v) is 18.6. The molecule has 1 amide bonds. The highest BCUT2D eigenvalue weighted by atomic mass is 16.1. The molecule has 0 saturated heterocycles. The van der Waals surface area contributed by atoms with E-state index in [1.165, 1.54) is 11.9 Å². The van der Waals surface area contributed by atoms with E-state index in [4.69, 9.17) is 5.10 Å². The number of carbonyl (C=O) groups excluding carboxylic acids is 1. The van der Waals surface area contributed by atoms with Gasteiger partial charge in [0.25, 0.3) is 5.91 Å². The molecule has 0 bridgehead atoms. The number of hydrogen-bond donors (Lipinski definition) is 1. The summed E-state index contributed by atoms with van der Waals surface area (Å²) in [5.74, 6) is -0.123. The van der Waals surface area contributed by atoms with E-state index >= 15 is 0 Å². The summed E-state index contributed by atoms with van der Waals surface area (Å²) < 4.78 is 3.67.